The number of rotatable bonds is 7. The summed E-state index contributed by atoms with van der Waals surface area (Å²) in [4.78, 5) is 24.1. The maximum absolute atomic E-state index is 12.6. The molecule has 5 heteroatoms. The number of aliphatic hydroxyl groups is 1. The monoisotopic (exact) mass is 408 g/mol. The molecular formula is C25H32N2O3. The van der Waals surface area contributed by atoms with Crippen molar-refractivity contribution >= 4 is 11.8 Å². The molecule has 2 aromatic rings. The topological polar surface area (TPSA) is 78.4 Å². The van der Waals surface area contributed by atoms with Crippen LogP contribution in [0.4, 0.5) is 0 Å². The Balaban J connectivity index is 1.68. The number of carbonyl (C=O) groups excluding carboxylic acids is 2. The van der Waals surface area contributed by atoms with Gasteiger partial charge in [-0.15, -0.1) is 0 Å². The Morgan fingerprint density at radius 3 is 2.30 bits per heavy atom. The molecule has 1 fully saturated rings. The summed E-state index contributed by atoms with van der Waals surface area (Å²) in [5.41, 5.74) is 2.07. The maximum Gasteiger partial charge on any atom is 0.220 e. The van der Waals surface area contributed by atoms with Crippen molar-refractivity contribution in [2.24, 2.45) is 0 Å². The van der Waals surface area contributed by atoms with Crippen LogP contribution in [0.3, 0.4) is 0 Å². The summed E-state index contributed by atoms with van der Waals surface area (Å²) in [6.45, 7) is 2.01. The number of benzene rings is 2. The molecule has 1 aliphatic rings. The molecule has 3 atom stereocenters. The van der Waals surface area contributed by atoms with E-state index >= 15 is 0 Å². The molecule has 30 heavy (non-hydrogen) atoms. The van der Waals surface area contributed by atoms with E-state index in [1.807, 2.05) is 48.5 Å². The molecule has 2 amide bonds. The van der Waals surface area contributed by atoms with E-state index in [4.69, 9.17) is 0 Å². The molecule has 0 aromatic heterocycles. The Morgan fingerprint density at radius 1 is 1.00 bits per heavy atom. The normalized spacial score (nSPS) is 23.9. The molecular weight excluding hydrogens is 376 g/mol. The van der Waals surface area contributed by atoms with Gasteiger partial charge in [-0.25, -0.2) is 0 Å². The average molecular weight is 409 g/mol. The van der Waals surface area contributed by atoms with Crippen molar-refractivity contribution in [2.45, 2.75) is 63.0 Å². The fourth-order valence-corrected chi connectivity index (χ4v) is 4.42. The van der Waals surface area contributed by atoms with Crippen molar-refractivity contribution < 1.29 is 14.7 Å². The van der Waals surface area contributed by atoms with Crippen LogP contribution in [0.15, 0.2) is 60.7 Å². The Bertz CT molecular complexity index is 825. The molecule has 0 saturated heterocycles. The van der Waals surface area contributed by atoms with Gasteiger partial charge in [0, 0.05) is 25.3 Å². The first kappa shape index (κ1) is 22.0. The summed E-state index contributed by atoms with van der Waals surface area (Å²) in [5.74, 6) is -0.0853. The predicted octanol–water partition coefficient (Wildman–Crippen LogP) is 3.11. The van der Waals surface area contributed by atoms with Gasteiger partial charge in [0.1, 0.15) is 0 Å². The first-order chi connectivity index (χ1) is 14.5. The van der Waals surface area contributed by atoms with Crippen LogP contribution < -0.4 is 10.6 Å². The molecule has 1 aliphatic carbocycles. The SMILES string of the molecule is CC(=O)N[C@H]1CC[C@](CNC(=O)CCc2ccccc2)(c2ccccc2)CC[C@@H]1O. The second-order valence-electron chi connectivity index (χ2n) is 8.36. The zero-order chi connectivity index (χ0) is 21.4. The lowest BCUT2D eigenvalue weighted by molar-refractivity contribution is -0.121. The van der Waals surface area contributed by atoms with Crippen LogP contribution in [0.1, 0.15) is 50.2 Å². The Hall–Kier alpha value is -2.66. The number of carbonyl (C=O) groups is 2. The van der Waals surface area contributed by atoms with Crippen LogP contribution in [-0.4, -0.2) is 35.6 Å². The van der Waals surface area contributed by atoms with E-state index in [1.54, 1.807) is 0 Å². The van der Waals surface area contributed by atoms with Gasteiger partial charge in [0.2, 0.25) is 11.8 Å². The van der Waals surface area contributed by atoms with E-state index in [1.165, 1.54) is 12.5 Å². The number of hydrogen-bond donors (Lipinski definition) is 3. The minimum absolute atomic E-state index is 0.0392. The van der Waals surface area contributed by atoms with Gasteiger partial charge in [-0.3, -0.25) is 9.59 Å². The lowest BCUT2D eigenvalue weighted by atomic mass is 9.74. The summed E-state index contributed by atoms with van der Waals surface area (Å²) in [5, 5.41) is 16.6. The van der Waals surface area contributed by atoms with Crippen LogP contribution in [-0.2, 0) is 21.4 Å². The molecule has 0 bridgehead atoms. The van der Waals surface area contributed by atoms with Crippen LogP contribution in [0.2, 0.25) is 0 Å². The summed E-state index contributed by atoms with van der Waals surface area (Å²) >= 11 is 0. The summed E-state index contributed by atoms with van der Waals surface area (Å²) in [6.07, 6.45) is 3.40. The quantitative estimate of drug-likeness (QED) is 0.616. The third-order valence-corrected chi connectivity index (χ3v) is 6.20. The van der Waals surface area contributed by atoms with Crippen molar-refractivity contribution in [2.75, 3.05) is 6.54 Å². The first-order valence-electron chi connectivity index (χ1n) is 10.8. The fourth-order valence-electron chi connectivity index (χ4n) is 4.42. The van der Waals surface area contributed by atoms with E-state index in [9.17, 15) is 14.7 Å². The van der Waals surface area contributed by atoms with Gasteiger partial charge >= 0.3 is 0 Å². The third-order valence-electron chi connectivity index (χ3n) is 6.20. The van der Waals surface area contributed by atoms with Gasteiger partial charge in [-0.1, -0.05) is 60.7 Å². The highest BCUT2D eigenvalue weighted by Gasteiger charge is 2.38. The van der Waals surface area contributed by atoms with Crippen LogP contribution in [0.25, 0.3) is 0 Å². The zero-order valence-electron chi connectivity index (χ0n) is 17.6. The highest BCUT2D eigenvalue weighted by molar-refractivity contribution is 5.76. The largest absolute Gasteiger partial charge is 0.391 e. The summed E-state index contributed by atoms with van der Waals surface area (Å²) in [7, 11) is 0. The molecule has 0 aliphatic heterocycles. The molecule has 0 heterocycles. The molecule has 0 radical (unpaired) electrons. The average Bonchev–Trinajstić information content (AvgIpc) is 2.92. The fraction of sp³-hybridized carbons (Fsp3) is 0.440. The smallest absolute Gasteiger partial charge is 0.220 e. The van der Waals surface area contributed by atoms with Gasteiger partial charge in [0.25, 0.3) is 0 Å². The lowest BCUT2D eigenvalue weighted by Crippen LogP contribution is -2.42. The molecule has 3 rings (SSSR count). The van der Waals surface area contributed by atoms with Crippen LogP contribution >= 0.6 is 0 Å². The number of amides is 2. The summed E-state index contributed by atoms with van der Waals surface area (Å²) < 4.78 is 0. The minimum Gasteiger partial charge on any atom is -0.391 e. The molecule has 3 N–H and O–H groups in total. The zero-order valence-corrected chi connectivity index (χ0v) is 17.6. The first-order valence-corrected chi connectivity index (χ1v) is 10.8. The van der Waals surface area contributed by atoms with Crippen molar-refractivity contribution in [3.8, 4) is 0 Å². The Kier molecular flexibility index (Phi) is 7.63. The van der Waals surface area contributed by atoms with Gasteiger partial charge in [0.05, 0.1) is 12.1 Å². The molecule has 0 unspecified atom stereocenters. The van der Waals surface area contributed by atoms with E-state index in [2.05, 4.69) is 22.8 Å². The van der Waals surface area contributed by atoms with Gasteiger partial charge in [-0.05, 0) is 43.2 Å². The Labute approximate surface area is 178 Å². The van der Waals surface area contributed by atoms with Crippen LogP contribution in [0.5, 0.6) is 0 Å². The number of aliphatic hydroxyl groups excluding tert-OH is 1. The van der Waals surface area contributed by atoms with E-state index in [-0.39, 0.29) is 23.3 Å². The number of hydrogen-bond acceptors (Lipinski definition) is 3. The lowest BCUT2D eigenvalue weighted by Gasteiger charge is -2.34. The molecule has 160 valence electrons. The minimum atomic E-state index is -0.576. The highest BCUT2D eigenvalue weighted by atomic mass is 16.3. The predicted molar refractivity (Wildman–Crippen MR) is 118 cm³/mol. The second-order valence-corrected chi connectivity index (χ2v) is 8.36. The van der Waals surface area contributed by atoms with Gasteiger partial charge in [-0.2, -0.15) is 0 Å². The number of nitrogens with one attached hydrogen (secondary N) is 2. The van der Waals surface area contributed by atoms with Crippen molar-refractivity contribution in [1.82, 2.24) is 10.6 Å². The van der Waals surface area contributed by atoms with E-state index < -0.39 is 6.10 Å². The van der Waals surface area contributed by atoms with Gasteiger partial charge in [0.15, 0.2) is 0 Å². The Morgan fingerprint density at radius 2 is 1.63 bits per heavy atom. The third kappa shape index (κ3) is 5.92. The van der Waals surface area contributed by atoms with Crippen molar-refractivity contribution in [3.05, 3.63) is 71.8 Å². The van der Waals surface area contributed by atoms with Gasteiger partial charge < -0.3 is 15.7 Å². The standard InChI is InChI=1S/C25H32N2O3/c1-19(28)27-22-14-16-25(17-15-23(22)29,21-10-6-3-7-11-21)18-26-24(30)13-12-20-8-4-2-5-9-20/h2-11,22-23,29H,12-18H2,1H3,(H,26,30)(H,27,28)/t22-,23-,25-/m0/s1. The molecule has 0 spiro atoms. The molecule has 1 saturated carbocycles. The van der Waals surface area contributed by atoms with Crippen LogP contribution in [0, 0.1) is 0 Å². The second kappa shape index (κ2) is 10.4. The van der Waals surface area contributed by atoms with Crippen molar-refractivity contribution in [1.29, 1.82) is 0 Å². The van der Waals surface area contributed by atoms with E-state index in [0.29, 0.717) is 32.2 Å². The molecule has 5 nitrogen and oxygen atoms in total. The number of aryl methyl sites for hydroxylation is 1. The van der Waals surface area contributed by atoms with E-state index in [0.717, 1.165) is 18.4 Å². The maximum atomic E-state index is 12.6. The molecule has 2 aromatic carbocycles. The summed E-state index contributed by atoms with van der Waals surface area (Å²) in [6, 6.07) is 20.0. The van der Waals surface area contributed by atoms with Crippen molar-refractivity contribution in [3.63, 3.8) is 0 Å². The highest BCUT2D eigenvalue weighted by Crippen LogP contribution is 2.38.